The van der Waals surface area contributed by atoms with Gasteiger partial charge in [-0.25, -0.2) is 0 Å². The molecule has 0 N–H and O–H groups in total. The third kappa shape index (κ3) is 1.51. The van der Waals surface area contributed by atoms with E-state index in [1.54, 1.807) is 18.7 Å². The lowest BCUT2D eigenvalue weighted by Gasteiger charge is -1.98. The van der Waals surface area contributed by atoms with Crippen LogP contribution in [-0.4, -0.2) is 0 Å². The van der Waals surface area contributed by atoms with Crippen LogP contribution >= 0.6 is 23.2 Å². The van der Waals surface area contributed by atoms with Crippen molar-refractivity contribution in [2.75, 3.05) is 0 Å². The van der Waals surface area contributed by atoms with Crippen molar-refractivity contribution >= 4 is 23.2 Å². The zero-order valence-corrected chi connectivity index (χ0v) is 7.06. The molecule has 1 atom stereocenters. The number of halogens is 2. The van der Waals surface area contributed by atoms with Gasteiger partial charge in [-0.05, 0) is 12.1 Å². The maximum Gasteiger partial charge on any atom is 0.118 e. The maximum atomic E-state index is 5.88. The second-order valence-electron chi connectivity index (χ2n) is 2.36. The van der Waals surface area contributed by atoms with E-state index in [1.807, 2.05) is 6.07 Å². The highest BCUT2D eigenvalue weighted by atomic mass is 35.5. The van der Waals surface area contributed by atoms with E-state index in [-0.39, 0.29) is 6.10 Å². The van der Waals surface area contributed by atoms with Crippen molar-refractivity contribution in [1.82, 2.24) is 0 Å². The molecular weight excluding hydrogens is 183 g/mol. The van der Waals surface area contributed by atoms with Crippen LogP contribution in [0.5, 0.6) is 0 Å². The molecule has 0 aromatic heterocycles. The number of rotatable bonds is 1. The highest BCUT2D eigenvalue weighted by Crippen LogP contribution is 2.39. The second-order valence-corrected chi connectivity index (χ2v) is 3.20. The summed E-state index contributed by atoms with van der Waals surface area (Å²) >= 11 is 11.6. The minimum Gasteiger partial charge on any atom is -0.361 e. The molecule has 1 aromatic rings. The van der Waals surface area contributed by atoms with Gasteiger partial charge in [0.15, 0.2) is 0 Å². The van der Waals surface area contributed by atoms with Gasteiger partial charge in [-0.3, -0.25) is 0 Å². The van der Waals surface area contributed by atoms with E-state index >= 15 is 0 Å². The summed E-state index contributed by atoms with van der Waals surface area (Å²) < 4.78 is 4.96. The Morgan fingerprint density at radius 2 is 2.00 bits per heavy atom. The van der Waals surface area contributed by atoms with E-state index in [9.17, 15) is 0 Å². The van der Waals surface area contributed by atoms with Crippen LogP contribution in [0.15, 0.2) is 18.2 Å². The highest BCUT2D eigenvalue weighted by Gasteiger charge is 2.27. The zero-order valence-electron chi connectivity index (χ0n) is 5.55. The molecule has 1 unspecified atom stereocenters. The fraction of sp³-hybridized carbons (Fsp3) is 0.125. The molecule has 0 spiro atoms. The van der Waals surface area contributed by atoms with Crippen molar-refractivity contribution in [3.8, 4) is 0 Å². The second kappa shape index (κ2) is 2.67. The van der Waals surface area contributed by atoms with Gasteiger partial charge in [0, 0.05) is 15.6 Å². The van der Waals surface area contributed by atoms with E-state index in [0.717, 1.165) is 5.56 Å². The lowest BCUT2D eigenvalue weighted by atomic mass is 10.2. The number of epoxide rings is 1. The van der Waals surface area contributed by atoms with Gasteiger partial charge < -0.3 is 4.74 Å². The Hall–Kier alpha value is -0.240. The summed E-state index contributed by atoms with van der Waals surface area (Å²) in [5, 5.41) is 1.32. The molecule has 1 aliphatic rings. The fourth-order valence-corrected chi connectivity index (χ4v) is 1.43. The Bertz CT molecular complexity index is 281. The van der Waals surface area contributed by atoms with Gasteiger partial charge in [-0.1, -0.05) is 29.3 Å². The molecule has 1 aromatic carbocycles. The summed E-state index contributed by atoms with van der Waals surface area (Å²) in [5.41, 5.74) is 0.982. The van der Waals surface area contributed by atoms with Crippen LogP contribution in [0, 0.1) is 6.61 Å². The molecular formula is C8H5Cl2O. The van der Waals surface area contributed by atoms with Crippen LogP contribution < -0.4 is 0 Å². The molecule has 0 bridgehead atoms. The summed E-state index contributed by atoms with van der Waals surface area (Å²) in [6, 6.07) is 5.39. The molecule has 1 nitrogen and oxygen atoms in total. The van der Waals surface area contributed by atoms with Crippen molar-refractivity contribution in [1.29, 1.82) is 0 Å². The Balaban J connectivity index is 2.39. The lowest BCUT2D eigenvalue weighted by molar-refractivity contribution is 0.434. The lowest BCUT2D eigenvalue weighted by Crippen LogP contribution is -1.80. The van der Waals surface area contributed by atoms with Crippen LogP contribution in [0.25, 0.3) is 0 Å². The molecule has 0 saturated carbocycles. The minimum atomic E-state index is 0.0831. The molecule has 1 heterocycles. The van der Waals surface area contributed by atoms with Crippen molar-refractivity contribution in [3.63, 3.8) is 0 Å². The van der Waals surface area contributed by atoms with Crippen LogP contribution in [-0.2, 0) is 4.74 Å². The molecule has 57 valence electrons. The van der Waals surface area contributed by atoms with Crippen molar-refractivity contribution in [2.45, 2.75) is 6.10 Å². The average Bonchev–Trinajstić information content (AvgIpc) is 2.70. The van der Waals surface area contributed by atoms with E-state index in [4.69, 9.17) is 27.9 Å². The summed E-state index contributed by atoms with van der Waals surface area (Å²) in [7, 11) is 0. The monoisotopic (exact) mass is 187 g/mol. The first-order valence-electron chi connectivity index (χ1n) is 3.21. The Morgan fingerprint density at radius 1 is 1.27 bits per heavy atom. The van der Waals surface area contributed by atoms with Crippen LogP contribution in [0.1, 0.15) is 11.7 Å². The topological polar surface area (TPSA) is 12.5 Å². The van der Waals surface area contributed by atoms with E-state index in [2.05, 4.69) is 0 Å². The molecule has 1 aliphatic heterocycles. The number of hydrogen-bond acceptors (Lipinski definition) is 1. The first-order chi connectivity index (χ1) is 5.27. The highest BCUT2D eigenvalue weighted by molar-refractivity contribution is 6.35. The zero-order chi connectivity index (χ0) is 7.84. The summed E-state index contributed by atoms with van der Waals surface area (Å²) in [6.07, 6.45) is 0.0831. The van der Waals surface area contributed by atoms with Gasteiger partial charge in [-0.15, -0.1) is 0 Å². The normalized spacial score (nSPS) is 21.8. The molecule has 2 rings (SSSR count). The summed E-state index contributed by atoms with van der Waals surface area (Å²) in [4.78, 5) is 0. The minimum absolute atomic E-state index is 0.0831. The molecule has 11 heavy (non-hydrogen) atoms. The number of ether oxygens (including phenoxy) is 1. The van der Waals surface area contributed by atoms with Crippen molar-refractivity contribution in [3.05, 3.63) is 40.4 Å². The Kier molecular flexibility index (Phi) is 1.80. The largest absolute Gasteiger partial charge is 0.361 e. The maximum absolute atomic E-state index is 5.88. The van der Waals surface area contributed by atoms with E-state index in [1.165, 1.54) is 0 Å². The SMILES string of the molecule is Clc1ccc(C2[CH]O2)c(Cl)c1. The number of hydrogen-bond donors (Lipinski definition) is 0. The predicted octanol–water partition coefficient (Wildman–Crippen LogP) is 3.23. The summed E-state index contributed by atoms with van der Waals surface area (Å²) in [5.74, 6) is 0. The van der Waals surface area contributed by atoms with Gasteiger partial charge in [0.05, 0.1) is 0 Å². The van der Waals surface area contributed by atoms with Gasteiger partial charge >= 0.3 is 0 Å². The average molecular weight is 188 g/mol. The first-order valence-corrected chi connectivity index (χ1v) is 3.97. The van der Waals surface area contributed by atoms with Crippen molar-refractivity contribution in [2.24, 2.45) is 0 Å². The predicted molar refractivity (Wildman–Crippen MR) is 44.6 cm³/mol. The van der Waals surface area contributed by atoms with Crippen molar-refractivity contribution < 1.29 is 4.74 Å². The molecule has 1 radical (unpaired) electrons. The van der Waals surface area contributed by atoms with E-state index < -0.39 is 0 Å². The molecule has 0 aliphatic carbocycles. The fourth-order valence-electron chi connectivity index (χ4n) is 0.918. The quantitative estimate of drug-likeness (QED) is 0.616. The standard InChI is InChI=1S/C8H5Cl2O/c9-5-1-2-6(7(10)3-5)8-4-11-8/h1-4,8H. The Morgan fingerprint density at radius 3 is 2.55 bits per heavy atom. The first kappa shape index (κ1) is 7.41. The third-order valence-corrected chi connectivity index (χ3v) is 2.10. The van der Waals surface area contributed by atoms with Gasteiger partial charge in [0.1, 0.15) is 12.7 Å². The van der Waals surface area contributed by atoms with Gasteiger partial charge in [0.25, 0.3) is 0 Å². The van der Waals surface area contributed by atoms with Crippen LogP contribution in [0.4, 0.5) is 0 Å². The van der Waals surface area contributed by atoms with Crippen LogP contribution in [0.3, 0.4) is 0 Å². The number of benzene rings is 1. The van der Waals surface area contributed by atoms with E-state index in [0.29, 0.717) is 10.0 Å². The molecule has 3 heteroatoms. The molecule has 0 amide bonds. The molecule has 1 saturated heterocycles. The smallest absolute Gasteiger partial charge is 0.118 e. The third-order valence-electron chi connectivity index (χ3n) is 1.54. The molecule has 1 fully saturated rings. The van der Waals surface area contributed by atoms with Crippen LogP contribution in [0.2, 0.25) is 10.0 Å². The Labute approximate surface area is 74.9 Å². The summed E-state index contributed by atoms with van der Waals surface area (Å²) in [6.45, 7) is 1.73. The van der Waals surface area contributed by atoms with Gasteiger partial charge in [0.2, 0.25) is 0 Å². The van der Waals surface area contributed by atoms with Gasteiger partial charge in [-0.2, -0.15) is 0 Å².